The largest absolute Gasteiger partial charge is 0.353 e. The van der Waals surface area contributed by atoms with Crippen LogP contribution in [0.25, 0.3) is 0 Å². The van der Waals surface area contributed by atoms with E-state index < -0.39 is 0 Å². The summed E-state index contributed by atoms with van der Waals surface area (Å²) in [5, 5.41) is 3.74. The van der Waals surface area contributed by atoms with E-state index in [9.17, 15) is 4.79 Å². The molecule has 0 bridgehead atoms. The van der Waals surface area contributed by atoms with Crippen molar-refractivity contribution in [2.75, 3.05) is 36.4 Å². The summed E-state index contributed by atoms with van der Waals surface area (Å²) >= 11 is 1.50. The van der Waals surface area contributed by atoms with Gasteiger partial charge in [-0.25, -0.2) is 19.7 Å². The quantitative estimate of drug-likeness (QED) is 0.666. The number of nitrogens with zero attached hydrogens (tertiary/aromatic N) is 5. The van der Waals surface area contributed by atoms with Crippen LogP contribution >= 0.6 is 11.8 Å². The average molecular weight is 407 g/mol. The zero-order chi connectivity index (χ0) is 20.1. The monoisotopic (exact) mass is 406 g/mol. The van der Waals surface area contributed by atoms with Crippen molar-refractivity contribution < 1.29 is 4.79 Å². The third kappa shape index (κ3) is 4.83. The maximum Gasteiger partial charge on any atom is 0.321 e. The fourth-order valence-electron chi connectivity index (χ4n) is 3.16. The van der Waals surface area contributed by atoms with Gasteiger partial charge in [0.05, 0.1) is 0 Å². The van der Waals surface area contributed by atoms with E-state index in [2.05, 4.69) is 25.2 Å². The molecule has 1 saturated heterocycles. The Kier molecular flexibility index (Phi) is 5.90. The van der Waals surface area contributed by atoms with Crippen LogP contribution in [-0.2, 0) is 0 Å². The molecule has 29 heavy (non-hydrogen) atoms. The van der Waals surface area contributed by atoms with Crippen LogP contribution in [0.15, 0.2) is 71.1 Å². The van der Waals surface area contributed by atoms with E-state index in [4.69, 9.17) is 0 Å². The summed E-state index contributed by atoms with van der Waals surface area (Å²) in [6.45, 7) is 4.87. The number of piperazine rings is 1. The Balaban J connectivity index is 1.34. The zero-order valence-corrected chi connectivity index (χ0v) is 17.0. The molecular weight excluding hydrogens is 384 g/mol. The maximum absolute atomic E-state index is 12.7. The van der Waals surface area contributed by atoms with E-state index in [1.54, 1.807) is 24.7 Å². The lowest BCUT2D eigenvalue weighted by Gasteiger charge is -2.35. The first-order chi connectivity index (χ1) is 14.2. The second kappa shape index (κ2) is 8.91. The number of benzene rings is 1. The first-order valence-electron chi connectivity index (χ1n) is 9.46. The van der Waals surface area contributed by atoms with Crippen molar-refractivity contribution in [3.05, 3.63) is 66.6 Å². The van der Waals surface area contributed by atoms with Gasteiger partial charge in [0.1, 0.15) is 5.82 Å². The number of aromatic nitrogens is 3. The van der Waals surface area contributed by atoms with Gasteiger partial charge in [-0.05, 0) is 60.6 Å². The highest BCUT2D eigenvalue weighted by Gasteiger charge is 2.22. The number of rotatable bonds is 4. The standard InChI is InChI=1S/C21H22N6OS/c1-16-15-17(29-20-23-9-4-10-24-20)6-7-18(16)25-21(28)27-13-11-26(12-14-27)19-5-2-3-8-22-19/h2-10,15H,11-14H2,1H3,(H,25,28). The van der Waals surface area contributed by atoms with Gasteiger partial charge in [0.2, 0.25) is 0 Å². The molecule has 2 aromatic heterocycles. The summed E-state index contributed by atoms with van der Waals surface area (Å²) in [6.07, 6.45) is 5.25. The molecule has 3 heterocycles. The van der Waals surface area contributed by atoms with Gasteiger partial charge in [-0.1, -0.05) is 6.07 Å². The number of hydrogen-bond acceptors (Lipinski definition) is 6. The van der Waals surface area contributed by atoms with Crippen LogP contribution in [0, 0.1) is 6.92 Å². The van der Waals surface area contributed by atoms with Crippen molar-refractivity contribution in [2.24, 2.45) is 0 Å². The molecule has 0 atom stereocenters. The highest BCUT2D eigenvalue weighted by molar-refractivity contribution is 7.99. The molecule has 0 aliphatic carbocycles. The molecule has 2 amide bonds. The molecule has 3 aromatic rings. The minimum absolute atomic E-state index is 0.0689. The average Bonchev–Trinajstić information content (AvgIpc) is 2.77. The Morgan fingerprint density at radius 3 is 2.41 bits per heavy atom. The summed E-state index contributed by atoms with van der Waals surface area (Å²) in [5.41, 5.74) is 1.83. The number of carbonyl (C=O) groups is 1. The maximum atomic E-state index is 12.7. The van der Waals surface area contributed by atoms with Crippen LogP contribution in [0.4, 0.5) is 16.3 Å². The molecular formula is C21H22N6OS. The van der Waals surface area contributed by atoms with Crippen LogP contribution in [0.3, 0.4) is 0 Å². The highest BCUT2D eigenvalue weighted by atomic mass is 32.2. The molecule has 0 radical (unpaired) electrons. The fraction of sp³-hybridized carbons (Fsp3) is 0.238. The lowest BCUT2D eigenvalue weighted by Crippen LogP contribution is -2.50. The topological polar surface area (TPSA) is 74.2 Å². The van der Waals surface area contributed by atoms with Crippen molar-refractivity contribution in [1.82, 2.24) is 19.9 Å². The molecule has 1 aromatic carbocycles. The third-order valence-electron chi connectivity index (χ3n) is 4.73. The Labute approximate surface area is 174 Å². The number of anilines is 2. The first-order valence-corrected chi connectivity index (χ1v) is 10.3. The van der Waals surface area contributed by atoms with Crippen molar-refractivity contribution in [2.45, 2.75) is 17.0 Å². The number of aryl methyl sites for hydroxylation is 1. The first kappa shape index (κ1) is 19.2. The molecule has 1 aliphatic rings. The Morgan fingerprint density at radius 2 is 1.72 bits per heavy atom. The fourth-order valence-corrected chi connectivity index (χ4v) is 3.97. The summed E-state index contributed by atoms with van der Waals surface area (Å²) in [5.74, 6) is 0.957. The van der Waals surface area contributed by atoms with Gasteiger partial charge < -0.3 is 15.1 Å². The highest BCUT2D eigenvalue weighted by Crippen LogP contribution is 2.28. The molecule has 148 valence electrons. The van der Waals surface area contributed by atoms with Gasteiger partial charge in [0, 0.05) is 55.4 Å². The number of hydrogen-bond donors (Lipinski definition) is 1. The smallest absolute Gasteiger partial charge is 0.321 e. The van der Waals surface area contributed by atoms with Crippen LogP contribution in [0.5, 0.6) is 0 Å². The third-order valence-corrected chi connectivity index (χ3v) is 5.61. The van der Waals surface area contributed by atoms with E-state index in [1.165, 1.54) is 11.8 Å². The zero-order valence-electron chi connectivity index (χ0n) is 16.2. The van der Waals surface area contributed by atoms with E-state index in [-0.39, 0.29) is 6.03 Å². The summed E-state index contributed by atoms with van der Waals surface area (Å²) in [6, 6.07) is 13.6. The Morgan fingerprint density at radius 1 is 0.966 bits per heavy atom. The van der Waals surface area contributed by atoms with Crippen molar-refractivity contribution in [1.29, 1.82) is 0 Å². The lowest BCUT2D eigenvalue weighted by atomic mass is 10.2. The van der Waals surface area contributed by atoms with Crippen LogP contribution in [-0.4, -0.2) is 52.1 Å². The van der Waals surface area contributed by atoms with Gasteiger partial charge >= 0.3 is 6.03 Å². The molecule has 4 rings (SSSR count). The van der Waals surface area contributed by atoms with E-state index in [0.29, 0.717) is 18.2 Å². The van der Waals surface area contributed by atoms with Crippen LogP contribution in [0.1, 0.15) is 5.56 Å². The van der Waals surface area contributed by atoms with Gasteiger partial charge in [0.15, 0.2) is 5.16 Å². The Bertz CT molecular complexity index is 961. The second-order valence-electron chi connectivity index (χ2n) is 6.70. The van der Waals surface area contributed by atoms with Crippen molar-refractivity contribution in [3.63, 3.8) is 0 Å². The molecule has 8 heteroatoms. The molecule has 0 spiro atoms. The van der Waals surface area contributed by atoms with Gasteiger partial charge in [0.25, 0.3) is 0 Å². The van der Waals surface area contributed by atoms with Crippen LogP contribution < -0.4 is 10.2 Å². The molecule has 0 saturated carbocycles. The molecule has 1 aliphatic heterocycles. The van der Waals surface area contributed by atoms with Crippen molar-refractivity contribution >= 4 is 29.3 Å². The molecule has 1 N–H and O–H groups in total. The summed E-state index contributed by atoms with van der Waals surface area (Å²) < 4.78 is 0. The number of carbonyl (C=O) groups excluding carboxylic acids is 1. The normalized spacial score (nSPS) is 14.0. The number of nitrogens with one attached hydrogen (secondary N) is 1. The van der Waals surface area contributed by atoms with Crippen LogP contribution in [0.2, 0.25) is 0 Å². The van der Waals surface area contributed by atoms with Crippen molar-refractivity contribution in [3.8, 4) is 0 Å². The predicted octanol–water partition coefficient (Wildman–Crippen LogP) is 3.69. The van der Waals surface area contributed by atoms with E-state index in [1.807, 2.05) is 48.2 Å². The predicted molar refractivity (Wildman–Crippen MR) is 114 cm³/mol. The number of urea groups is 1. The second-order valence-corrected chi connectivity index (χ2v) is 7.74. The van der Waals surface area contributed by atoms with E-state index in [0.717, 1.165) is 35.1 Å². The number of pyridine rings is 1. The van der Waals surface area contributed by atoms with Gasteiger partial charge in [-0.3, -0.25) is 0 Å². The van der Waals surface area contributed by atoms with Gasteiger partial charge in [-0.15, -0.1) is 0 Å². The molecule has 7 nitrogen and oxygen atoms in total. The van der Waals surface area contributed by atoms with E-state index >= 15 is 0 Å². The summed E-state index contributed by atoms with van der Waals surface area (Å²) in [4.78, 5) is 30.6. The molecule has 1 fully saturated rings. The Hall–Kier alpha value is -3.13. The minimum Gasteiger partial charge on any atom is -0.353 e. The van der Waals surface area contributed by atoms with Gasteiger partial charge in [-0.2, -0.15) is 0 Å². The lowest BCUT2D eigenvalue weighted by molar-refractivity contribution is 0.208. The molecule has 0 unspecified atom stereocenters. The summed E-state index contributed by atoms with van der Waals surface area (Å²) in [7, 11) is 0. The minimum atomic E-state index is -0.0689. The SMILES string of the molecule is Cc1cc(Sc2ncccn2)ccc1NC(=O)N1CCN(c2ccccn2)CC1. The number of amides is 2.